The summed E-state index contributed by atoms with van der Waals surface area (Å²) < 4.78 is 0. The van der Waals surface area contributed by atoms with E-state index in [2.05, 4.69) is 0 Å². The van der Waals surface area contributed by atoms with E-state index < -0.39 is 6.04 Å². The topological polar surface area (TPSA) is 110 Å². The van der Waals surface area contributed by atoms with Crippen molar-refractivity contribution in [3.8, 4) is 5.75 Å². The third kappa shape index (κ3) is 3.27. The van der Waals surface area contributed by atoms with Gasteiger partial charge in [-0.2, -0.15) is 0 Å². The van der Waals surface area contributed by atoms with E-state index >= 15 is 0 Å². The number of nitrogens with zero attached hydrogens (tertiary/aromatic N) is 1. The van der Waals surface area contributed by atoms with Crippen LogP contribution in [0, 0.1) is 5.92 Å². The lowest BCUT2D eigenvalue weighted by atomic mass is 10.1. The maximum absolute atomic E-state index is 12.2. The van der Waals surface area contributed by atoms with Crippen molar-refractivity contribution in [2.24, 2.45) is 17.4 Å². The first-order chi connectivity index (χ1) is 9.47. The zero-order valence-electron chi connectivity index (χ0n) is 11.2. The van der Waals surface area contributed by atoms with Gasteiger partial charge in [0, 0.05) is 13.1 Å². The third-order valence-electron chi connectivity index (χ3n) is 3.61. The Morgan fingerprint density at radius 2 is 2.00 bits per heavy atom. The second-order valence-corrected chi connectivity index (χ2v) is 5.15. The normalized spacial score (nSPS) is 19.9. The van der Waals surface area contributed by atoms with Gasteiger partial charge in [0.15, 0.2) is 0 Å². The molecule has 1 saturated heterocycles. The predicted octanol–water partition coefficient (Wildman–Crippen LogP) is -0.404. The van der Waals surface area contributed by atoms with Gasteiger partial charge in [-0.25, -0.2) is 0 Å². The van der Waals surface area contributed by atoms with Gasteiger partial charge in [0.1, 0.15) is 5.75 Å². The summed E-state index contributed by atoms with van der Waals surface area (Å²) in [5.74, 6) is -0.619. The number of carbonyl (C=O) groups is 2. The molecule has 0 spiro atoms. The molecule has 0 bridgehead atoms. The van der Waals surface area contributed by atoms with Crippen LogP contribution in [0.1, 0.15) is 12.0 Å². The number of hydrogen-bond acceptors (Lipinski definition) is 4. The number of carbonyl (C=O) groups excluding carboxylic acids is 2. The van der Waals surface area contributed by atoms with Crippen LogP contribution in [0.4, 0.5) is 0 Å². The van der Waals surface area contributed by atoms with Crippen LogP contribution in [0.15, 0.2) is 24.3 Å². The van der Waals surface area contributed by atoms with Gasteiger partial charge in [-0.1, -0.05) is 12.1 Å². The molecule has 2 rings (SSSR count). The fraction of sp³-hybridized carbons (Fsp3) is 0.429. The van der Waals surface area contributed by atoms with E-state index in [-0.39, 0.29) is 23.5 Å². The molecule has 1 aliphatic rings. The summed E-state index contributed by atoms with van der Waals surface area (Å²) in [6.07, 6.45) is 1.00. The molecule has 1 aromatic carbocycles. The van der Waals surface area contributed by atoms with Crippen LogP contribution in [0.25, 0.3) is 0 Å². The van der Waals surface area contributed by atoms with E-state index in [0.29, 0.717) is 25.9 Å². The number of benzene rings is 1. The minimum atomic E-state index is -0.647. The summed E-state index contributed by atoms with van der Waals surface area (Å²) in [5.41, 5.74) is 12.0. The Morgan fingerprint density at radius 3 is 2.55 bits per heavy atom. The fourth-order valence-corrected chi connectivity index (χ4v) is 2.40. The number of primary amides is 1. The van der Waals surface area contributed by atoms with Crippen molar-refractivity contribution in [2.75, 3.05) is 13.1 Å². The highest BCUT2D eigenvalue weighted by atomic mass is 16.3. The molecule has 108 valence electrons. The van der Waals surface area contributed by atoms with Crippen LogP contribution in [0.5, 0.6) is 5.75 Å². The van der Waals surface area contributed by atoms with Crippen molar-refractivity contribution in [1.82, 2.24) is 4.90 Å². The lowest BCUT2D eigenvalue weighted by Gasteiger charge is -2.20. The van der Waals surface area contributed by atoms with Crippen molar-refractivity contribution < 1.29 is 14.7 Å². The molecule has 0 aliphatic carbocycles. The van der Waals surface area contributed by atoms with Crippen LogP contribution in [-0.2, 0) is 16.0 Å². The first kappa shape index (κ1) is 14.3. The zero-order chi connectivity index (χ0) is 14.7. The van der Waals surface area contributed by atoms with Crippen LogP contribution < -0.4 is 11.5 Å². The largest absolute Gasteiger partial charge is 0.508 e. The molecule has 1 heterocycles. The highest BCUT2D eigenvalue weighted by Gasteiger charge is 2.31. The summed E-state index contributed by atoms with van der Waals surface area (Å²) in [6, 6.07) is 5.94. The molecule has 6 heteroatoms. The van der Waals surface area contributed by atoms with Crippen molar-refractivity contribution in [2.45, 2.75) is 18.9 Å². The molecule has 1 aromatic rings. The molecule has 20 heavy (non-hydrogen) atoms. The van der Waals surface area contributed by atoms with E-state index in [1.54, 1.807) is 29.2 Å². The van der Waals surface area contributed by atoms with E-state index in [1.807, 2.05) is 0 Å². The minimum Gasteiger partial charge on any atom is -0.508 e. The van der Waals surface area contributed by atoms with Gasteiger partial charge in [-0.15, -0.1) is 0 Å². The monoisotopic (exact) mass is 277 g/mol. The fourth-order valence-electron chi connectivity index (χ4n) is 2.40. The van der Waals surface area contributed by atoms with Gasteiger partial charge in [0.25, 0.3) is 0 Å². The Bertz CT molecular complexity index is 501. The summed E-state index contributed by atoms with van der Waals surface area (Å²) >= 11 is 0. The average Bonchev–Trinajstić information content (AvgIpc) is 2.90. The molecule has 1 unspecified atom stereocenters. The average molecular weight is 277 g/mol. The quantitative estimate of drug-likeness (QED) is 0.695. The second-order valence-electron chi connectivity index (χ2n) is 5.15. The van der Waals surface area contributed by atoms with E-state index in [1.165, 1.54) is 0 Å². The van der Waals surface area contributed by atoms with Gasteiger partial charge in [-0.05, 0) is 30.5 Å². The summed E-state index contributed by atoms with van der Waals surface area (Å²) in [4.78, 5) is 24.9. The van der Waals surface area contributed by atoms with Gasteiger partial charge in [0.05, 0.1) is 12.0 Å². The number of nitrogens with two attached hydrogens (primary N) is 2. The predicted molar refractivity (Wildman–Crippen MR) is 73.7 cm³/mol. The zero-order valence-corrected chi connectivity index (χ0v) is 11.2. The first-order valence-electron chi connectivity index (χ1n) is 6.59. The van der Waals surface area contributed by atoms with Crippen molar-refractivity contribution >= 4 is 11.8 Å². The Kier molecular flexibility index (Phi) is 4.24. The Hall–Kier alpha value is -2.08. The van der Waals surface area contributed by atoms with Crippen LogP contribution in [0.3, 0.4) is 0 Å². The van der Waals surface area contributed by atoms with E-state index in [4.69, 9.17) is 11.5 Å². The number of rotatable bonds is 4. The van der Waals surface area contributed by atoms with Gasteiger partial charge in [-0.3, -0.25) is 9.59 Å². The molecule has 1 fully saturated rings. The highest BCUT2D eigenvalue weighted by Crippen LogP contribution is 2.17. The lowest BCUT2D eigenvalue weighted by molar-refractivity contribution is -0.131. The van der Waals surface area contributed by atoms with Gasteiger partial charge in [0.2, 0.25) is 11.8 Å². The van der Waals surface area contributed by atoms with Gasteiger partial charge >= 0.3 is 0 Å². The molecule has 1 aliphatic heterocycles. The number of aromatic hydroxyl groups is 1. The smallest absolute Gasteiger partial charge is 0.239 e. The second kappa shape index (κ2) is 5.92. The minimum absolute atomic E-state index is 0.165. The SMILES string of the molecule is NC(=O)C1CCN(C(=O)[C@@H](N)Cc2ccc(O)cc2)C1. The maximum atomic E-state index is 12.2. The lowest BCUT2D eigenvalue weighted by Crippen LogP contribution is -2.44. The molecule has 0 saturated carbocycles. The molecule has 5 N–H and O–H groups in total. The highest BCUT2D eigenvalue weighted by molar-refractivity contribution is 5.84. The first-order valence-corrected chi connectivity index (χ1v) is 6.59. The molecule has 2 amide bonds. The number of hydrogen-bond donors (Lipinski definition) is 3. The molecule has 0 radical (unpaired) electrons. The van der Waals surface area contributed by atoms with Crippen molar-refractivity contribution in [1.29, 1.82) is 0 Å². The van der Waals surface area contributed by atoms with Crippen LogP contribution in [0.2, 0.25) is 0 Å². The Balaban J connectivity index is 1.92. The summed E-state index contributed by atoms with van der Waals surface area (Å²) in [7, 11) is 0. The molecule has 6 nitrogen and oxygen atoms in total. The number of amides is 2. The van der Waals surface area contributed by atoms with Crippen molar-refractivity contribution in [3.05, 3.63) is 29.8 Å². The van der Waals surface area contributed by atoms with Crippen LogP contribution >= 0.6 is 0 Å². The van der Waals surface area contributed by atoms with E-state index in [0.717, 1.165) is 5.56 Å². The summed E-state index contributed by atoms with van der Waals surface area (Å²) in [6.45, 7) is 0.882. The van der Waals surface area contributed by atoms with Crippen molar-refractivity contribution in [3.63, 3.8) is 0 Å². The number of likely N-dealkylation sites (tertiary alicyclic amines) is 1. The van der Waals surface area contributed by atoms with E-state index in [9.17, 15) is 14.7 Å². The number of phenols is 1. The summed E-state index contributed by atoms with van der Waals surface area (Å²) in [5, 5.41) is 9.20. The third-order valence-corrected chi connectivity index (χ3v) is 3.61. The Labute approximate surface area is 117 Å². The Morgan fingerprint density at radius 1 is 1.35 bits per heavy atom. The number of phenolic OH excluding ortho intramolecular Hbond substituents is 1. The molecular weight excluding hydrogens is 258 g/mol. The maximum Gasteiger partial charge on any atom is 0.239 e. The molecular formula is C14H19N3O3. The van der Waals surface area contributed by atoms with Gasteiger partial charge < -0.3 is 21.5 Å². The molecule has 0 aromatic heterocycles. The van der Waals surface area contributed by atoms with Crippen LogP contribution in [-0.4, -0.2) is 41.0 Å². The standard InChI is InChI=1S/C14H19N3O3/c15-12(7-9-1-3-11(18)4-2-9)14(20)17-6-5-10(8-17)13(16)19/h1-4,10,12,18H,5-8,15H2,(H2,16,19)/t10?,12-/m0/s1. The molecule has 2 atom stereocenters.